The third-order valence-electron chi connectivity index (χ3n) is 3.99. The number of rotatable bonds is 2. The van der Waals surface area contributed by atoms with Gasteiger partial charge >= 0.3 is 5.97 Å². The molecule has 1 atom stereocenters. The van der Waals surface area contributed by atoms with E-state index >= 15 is 0 Å². The summed E-state index contributed by atoms with van der Waals surface area (Å²) < 4.78 is 7.05. The molecule has 0 saturated heterocycles. The van der Waals surface area contributed by atoms with Gasteiger partial charge in [0.2, 0.25) is 0 Å². The van der Waals surface area contributed by atoms with E-state index in [1.54, 1.807) is 0 Å². The van der Waals surface area contributed by atoms with Gasteiger partial charge in [0.1, 0.15) is 0 Å². The van der Waals surface area contributed by atoms with Gasteiger partial charge in [0.15, 0.2) is 0 Å². The first kappa shape index (κ1) is 12.7. The summed E-state index contributed by atoms with van der Waals surface area (Å²) in [6.07, 6.45) is 0. The van der Waals surface area contributed by atoms with Crippen LogP contribution in [0.1, 0.15) is 18.4 Å². The number of ether oxygens (including phenoxy) is 1. The maximum Gasteiger partial charge on any atom is 0.312 e. The Balaban J connectivity index is 2.39. The molecule has 0 fully saturated rings. The smallest absolute Gasteiger partial charge is 0.312 e. The average Bonchev–Trinajstić information content (AvgIpc) is 2.80. The van der Waals surface area contributed by atoms with Crippen molar-refractivity contribution >= 4 is 27.8 Å². The van der Waals surface area contributed by atoms with Crippen LogP contribution in [0.4, 0.5) is 0 Å². The highest BCUT2D eigenvalue weighted by Gasteiger charge is 2.20. The maximum atomic E-state index is 11.9. The lowest BCUT2D eigenvalue weighted by atomic mass is 9.96. The largest absolute Gasteiger partial charge is 0.469 e. The third-order valence-corrected chi connectivity index (χ3v) is 3.99. The van der Waals surface area contributed by atoms with Gasteiger partial charge in [-0.15, -0.1) is 0 Å². The van der Waals surface area contributed by atoms with Crippen molar-refractivity contribution in [2.24, 2.45) is 7.05 Å². The third kappa shape index (κ3) is 1.70. The van der Waals surface area contributed by atoms with Gasteiger partial charge in [-0.05, 0) is 24.6 Å². The fraction of sp³-hybridized carbons (Fsp3) is 0.235. The molecule has 2 aromatic carbocycles. The van der Waals surface area contributed by atoms with Crippen molar-refractivity contribution in [1.29, 1.82) is 0 Å². The fourth-order valence-corrected chi connectivity index (χ4v) is 2.90. The Morgan fingerprint density at radius 3 is 2.55 bits per heavy atom. The summed E-state index contributed by atoms with van der Waals surface area (Å²) in [5.74, 6) is -0.472. The molecular weight excluding hydrogens is 250 g/mol. The van der Waals surface area contributed by atoms with Crippen molar-refractivity contribution in [3.05, 3.63) is 48.0 Å². The Hall–Kier alpha value is -2.29. The number of carbonyl (C=O) groups excluding carboxylic acids is 1. The molecule has 20 heavy (non-hydrogen) atoms. The van der Waals surface area contributed by atoms with E-state index in [0.717, 1.165) is 16.5 Å². The van der Waals surface area contributed by atoms with Gasteiger partial charge in [-0.25, -0.2) is 0 Å². The van der Waals surface area contributed by atoms with Crippen molar-refractivity contribution in [2.75, 3.05) is 7.11 Å². The number of aromatic nitrogens is 1. The summed E-state index contributed by atoms with van der Waals surface area (Å²) in [6, 6.07) is 14.4. The van der Waals surface area contributed by atoms with Gasteiger partial charge in [0.25, 0.3) is 0 Å². The Kier molecular flexibility index (Phi) is 2.97. The Morgan fingerprint density at radius 1 is 1.10 bits per heavy atom. The molecule has 3 aromatic rings. The summed E-state index contributed by atoms with van der Waals surface area (Å²) in [5.41, 5.74) is 3.33. The van der Waals surface area contributed by atoms with Gasteiger partial charge in [-0.1, -0.05) is 30.3 Å². The van der Waals surface area contributed by atoms with E-state index in [9.17, 15) is 4.79 Å². The highest BCUT2D eigenvalue weighted by Crippen LogP contribution is 2.34. The molecule has 0 unspecified atom stereocenters. The SMILES string of the molecule is COC(=O)[C@@H](C)c1cccc2c1c1ccccc1n2C. The summed E-state index contributed by atoms with van der Waals surface area (Å²) in [5, 5.41) is 2.32. The van der Waals surface area contributed by atoms with Crippen LogP contribution in [0, 0.1) is 0 Å². The number of hydrogen-bond acceptors (Lipinski definition) is 2. The molecule has 3 rings (SSSR count). The predicted octanol–water partition coefficient (Wildman–Crippen LogP) is 3.61. The molecule has 0 amide bonds. The van der Waals surface area contributed by atoms with Gasteiger partial charge < -0.3 is 9.30 Å². The Bertz CT molecular complexity index is 801. The van der Waals surface area contributed by atoms with Crippen LogP contribution in [0.15, 0.2) is 42.5 Å². The second-order valence-corrected chi connectivity index (χ2v) is 5.06. The summed E-state index contributed by atoms with van der Waals surface area (Å²) >= 11 is 0. The molecule has 1 heterocycles. The molecule has 0 aliphatic rings. The number of esters is 1. The molecule has 0 N–H and O–H groups in total. The second kappa shape index (κ2) is 4.67. The van der Waals surface area contributed by atoms with Crippen molar-refractivity contribution in [3.63, 3.8) is 0 Å². The number of carbonyl (C=O) groups is 1. The van der Waals surface area contributed by atoms with Gasteiger partial charge in [-0.2, -0.15) is 0 Å². The molecule has 3 nitrogen and oxygen atoms in total. The minimum Gasteiger partial charge on any atom is -0.469 e. The zero-order valence-electron chi connectivity index (χ0n) is 11.9. The van der Waals surface area contributed by atoms with Crippen LogP contribution in [0.25, 0.3) is 21.8 Å². The minimum absolute atomic E-state index is 0.203. The standard InChI is InChI=1S/C17H17NO2/c1-11(17(19)20-3)12-8-6-10-15-16(12)13-7-4-5-9-14(13)18(15)2/h4-11H,1-3H3/t11-/m0/s1. The van der Waals surface area contributed by atoms with E-state index in [-0.39, 0.29) is 11.9 Å². The fourth-order valence-electron chi connectivity index (χ4n) is 2.90. The van der Waals surface area contributed by atoms with Crippen molar-refractivity contribution in [1.82, 2.24) is 4.57 Å². The number of fused-ring (bicyclic) bond motifs is 3. The predicted molar refractivity (Wildman–Crippen MR) is 80.9 cm³/mol. The summed E-state index contributed by atoms with van der Waals surface area (Å²) in [6.45, 7) is 1.89. The quantitative estimate of drug-likeness (QED) is 0.664. The van der Waals surface area contributed by atoms with Crippen molar-refractivity contribution in [2.45, 2.75) is 12.8 Å². The second-order valence-electron chi connectivity index (χ2n) is 5.06. The lowest BCUT2D eigenvalue weighted by Crippen LogP contribution is -2.11. The first-order valence-corrected chi connectivity index (χ1v) is 6.69. The number of aryl methyl sites for hydroxylation is 1. The van der Waals surface area contributed by atoms with Crippen molar-refractivity contribution < 1.29 is 9.53 Å². The zero-order valence-corrected chi connectivity index (χ0v) is 11.9. The number of methoxy groups -OCH3 is 1. The molecule has 1 aromatic heterocycles. The van der Waals surface area contributed by atoms with E-state index in [4.69, 9.17) is 4.74 Å². The minimum atomic E-state index is -0.269. The lowest BCUT2D eigenvalue weighted by molar-refractivity contribution is -0.141. The number of hydrogen-bond donors (Lipinski definition) is 0. The molecule has 0 saturated carbocycles. The van der Waals surface area contributed by atoms with Gasteiger partial charge in [-0.3, -0.25) is 4.79 Å². The van der Waals surface area contributed by atoms with E-state index in [1.807, 2.05) is 31.2 Å². The normalized spacial score (nSPS) is 12.8. The number of para-hydroxylation sites is 1. The summed E-state index contributed by atoms with van der Waals surface area (Å²) in [7, 11) is 3.49. The zero-order chi connectivity index (χ0) is 14.3. The van der Waals surface area contributed by atoms with Crippen LogP contribution in [0.3, 0.4) is 0 Å². The summed E-state index contributed by atoms with van der Waals surface area (Å²) in [4.78, 5) is 11.9. The highest BCUT2D eigenvalue weighted by atomic mass is 16.5. The molecule has 0 aliphatic heterocycles. The highest BCUT2D eigenvalue weighted by molar-refractivity contribution is 6.10. The van der Waals surface area contributed by atoms with Crippen LogP contribution >= 0.6 is 0 Å². The lowest BCUT2D eigenvalue weighted by Gasteiger charge is -2.11. The molecule has 0 bridgehead atoms. The van der Waals surface area contributed by atoms with E-state index in [2.05, 4.69) is 29.8 Å². The molecule has 0 radical (unpaired) electrons. The van der Waals surface area contributed by atoms with Gasteiger partial charge in [0, 0.05) is 28.9 Å². The monoisotopic (exact) mass is 267 g/mol. The first-order valence-electron chi connectivity index (χ1n) is 6.69. The van der Waals surface area contributed by atoms with Crippen LogP contribution < -0.4 is 0 Å². The van der Waals surface area contributed by atoms with E-state index < -0.39 is 0 Å². The Labute approximate surface area is 117 Å². The van der Waals surface area contributed by atoms with Crippen molar-refractivity contribution in [3.8, 4) is 0 Å². The number of benzene rings is 2. The topological polar surface area (TPSA) is 31.2 Å². The molecule has 102 valence electrons. The molecule has 0 spiro atoms. The molecular formula is C17H17NO2. The Morgan fingerprint density at radius 2 is 1.80 bits per heavy atom. The van der Waals surface area contributed by atoms with E-state index in [0.29, 0.717) is 0 Å². The maximum absolute atomic E-state index is 11.9. The average molecular weight is 267 g/mol. The van der Waals surface area contributed by atoms with Crippen LogP contribution in [0.5, 0.6) is 0 Å². The van der Waals surface area contributed by atoms with Gasteiger partial charge in [0.05, 0.1) is 13.0 Å². The first-order chi connectivity index (χ1) is 9.65. The van der Waals surface area contributed by atoms with Crippen LogP contribution in [-0.2, 0) is 16.6 Å². The van der Waals surface area contributed by atoms with Crippen LogP contribution in [0.2, 0.25) is 0 Å². The molecule has 0 aliphatic carbocycles. The molecule has 3 heteroatoms. The van der Waals surface area contributed by atoms with Crippen LogP contribution in [-0.4, -0.2) is 17.6 Å². The number of nitrogens with zero attached hydrogens (tertiary/aromatic N) is 1. The van der Waals surface area contributed by atoms with E-state index in [1.165, 1.54) is 18.0 Å².